The van der Waals surface area contributed by atoms with Gasteiger partial charge in [0, 0.05) is 6.20 Å². The molecule has 5 nitrogen and oxygen atoms in total. The summed E-state index contributed by atoms with van der Waals surface area (Å²) in [6.45, 7) is 0.493. The average molecular weight is 316 g/mol. The van der Waals surface area contributed by atoms with Crippen molar-refractivity contribution in [3.8, 4) is 0 Å². The molecular formula is C9H9IN4O. The second-order valence-electron chi connectivity index (χ2n) is 2.96. The predicted octanol–water partition coefficient (Wildman–Crippen LogP) is 0.818. The minimum Gasteiger partial charge on any atom is -0.390 e. The maximum absolute atomic E-state index is 8.96. The Hall–Kier alpha value is -1.02. The molecule has 0 spiro atoms. The fraction of sp³-hybridized carbons (Fsp3) is 0.222. The fourth-order valence-corrected chi connectivity index (χ4v) is 1.73. The van der Waals surface area contributed by atoms with Crippen molar-refractivity contribution in [3.63, 3.8) is 0 Å². The van der Waals surface area contributed by atoms with Crippen LogP contribution in [0.4, 0.5) is 0 Å². The van der Waals surface area contributed by atoms with E-state index in [1.54, 1.807) is 10.9 Å². The zero-order chi connectivity index (χ0) is 10.7. The van der Waals surface area contributed by atoms with Gasteiger partial charge in [-0.25, -0.2) is 4.68 Å². The lowest BCUT2D eigenvalue weighted by Crippen LogP contribution is -2.05. The minimum atomic E-state index is -0.0828. The van der Waals surface area contributed by atoms with E-state index in [0.29, 0.717) is 12.2 Å². The van der Waals surface area contributed by atoms with E-state index in [1.807, 2.05) is 18.2 Å². The number of aliphatic hydroxyl groups excluding tert-OH is 1. The summed E-state index contributed by atoms with van der Waals surface area (Å²) in [5.41, 5.74) is 1.52. The third kappa shape index (κ3) is 2.32. The Kier molecular flexibility index (Phi) is 3.27. The summed E-state index contributed by atoms with van der Waals surface area (Å²) in [7, 11) is 0. The first-order chi connectivity index (χ1) is 7.31. The SMILES string of the molecule is OCc1nnn(Cc2ccccn2)c1I. The van der Waals surface area contributed by atoms with E-state index in [9.17, 15) is 0 Å². The summed E-state index contributed by atoms with van der Waals surface area (Å²) in [4.78, 5) is 4.20. The van der Waals surface area contributed by atoms with Crippen molar-refractivity contribution >= 4 is 22.6 Å². The smallest absolute Gasteiger partial charge is 0.125 e. The van der Waals surface area contributed by atoms with Crippen LogP contribution in [0, 0.1) is 3.70 Å². The van der Waals surface area contributed by atoms with Crippen LogP contribution in [0.15, 0.2) is 24.4 Å². The molecule has 0 aliphatic carbocycles. The van der Waals surface area contributed by atoms with Gasteiger partial charge in [0.25, 0.3) is 0 Å². The monoisotopic (exact) mass is 316 g/mol. The number of nitrogens with zero attached hydrogens (tertiary/aromatic N) is 4. The van der Waals surface area contributed by atoms with E-state index in [4.69, 9.17) is 5.11 Å². The van der Waals surface area contributed by atoms with Gasteiger partial charge in [0.05, 0.1) is 18.8 Å². The summed E-state index contributed by atoms with van der Waals surface area (Å²) in [6, 6.07) is 5.73. The molecule has 0 aliphatic heterocycles. The molecule has 0 atom stereocenters. The molecule has 0 radical (unpaired) electrons. The number of rotatable bonds is 3. The lowest BCUT2D eigenvalue weighted by molar-refractivity contribution is 0.275. The van der Waals surface area contributed by atoms with Crippen molar-refractivity contribution in [3.05, 3.63) is 39.5 Å². The molecule has 1 N–H and O–H groups in total. The van der Waals surface area contributed by atoms with Crippen LogP contribution in [0.25, 0.3) is 0 Å². The minimum absolute atomic E-state index is 0.0828. The Morgan fingerprint density at radius 3 is 2.87 bits per heavy atom. The van der Waals surface area contributed by atoms with E-state index >= 15 is 0 Å². The Balaban J connectivity index is 2.21. The first kappa shape index (κ1) is 10.5. The van der Waals surface area contributed by atoms with Gasteiger partial charge in [-0.1, -0.05) is 11.3 Å². The van der Waals surface area contributed by atoms with Gasteiger partial charge in [-0.05, 0) is 34.7 Å². The molecule has 2 aromatic rings. The lowest BCUT2D eigenvalue weighted by Gasteiger charge is -2.01. The Morgan fingerprint density at radius 1 is 1.40 bits per heavy atom. The topological polar surface area (TPSA) is 63.8 Å². The zero-order valence-corrected chi connectivity index (χ0v) is 10.00. The van der Waals surface area contributed by atoms with Crippen LogP contribution in [-0.4, -0.2) is 25.1 Å². The van der Waals surface area contributed by atoms with E-state index in [1.165, 1.54) is 0 Å². The highest BCUT2D eigenvalue weighted by atomic mass is 127. The second-order valence-corrected chi connectivity index (χ2v) is 3.99. The predicted molar refractivity (Wildman–Crippen MR) is 62.0 cm³/mol. The van der Waals surface area contributed by atoms with Crippen LogP contribution in [-0.2, 0) is 13.2 Å². The Bertz CT molecular complexity index is 443. The molecule has 0 amide bonds. The summed E-state index contributed by atoms with van der Waals surface area (Å²) in [5.74, 6) is 0. The molecule has 0 saturated heterocycles. The fourth-order valence-electron chi connectivity index (χ4n) is 1.18. The molecule has 0 bridgehead atoms. The van der Waals surface area contributed by atoms with Gasteiger partial charge < -0.3 is 5.11 Å². The van der Waals surface area contributed by atoms with Crippen LogP contribution in [0.5, 0.6) is 0 Å². The molecule has 15 heavy (non-hydrogen) atoms. The number of halogens is 1. The van der Waals surface area contributed by atoms with Crippen molar-refractivity contribution in [2.75, 3.05) is 0 Å². The molecule has 0 aromatic carbocycles. The maximum Gasteiger partial charge on any atom is 0.125 e. The van der Waals surface area contributed by atoms with Crippen LogP contribution >= 0.6 is 22.6 Å². The summed E-state index contributed by atoms with van der Waals surface area (Å²) >= 11 is 2.11. The van der Waals surface area contributed by atoms with Gasteiger partial charge in [-0.15, -0.1) is 5.10 Å². The zero-order valence-electron chi connectivity index (χ0n) is 7.84. The van der Waals surface area contributed by atoms with Crippen molar-refractivity contribution in [2.24, 2.45) is 0 Å². The second kappa shape index (κ2) is 4.67. The van der Waals surface area contributed by atoms with Crippen molar-refractivity contribution in [1.29, 1.82) is 0 Å². The van der Waals surface area contributed by atoms with Crippen LogP contribution in [0.1, 0.15) is 11.4 Å². The van der Waals surface area contributed by atoms with Crippen molar-refractivity contribution in [1.82, 2.24) is 20.0 Å². The Labute approximate surface area is 100 Å². The highest BCUT2D eigenvalue weighted by Crippen LogP contribution is 2.10. The number of hydrogen-bond acceptors (Lipinski definition) is 4. The molecule has 0 unspecified atom stereocenters. The first-order valence-electron chi connectivity index (χ1n) is 4.40. The maximum atomic E-state index is 8.96. The molecule has 0 saturated carbocycles. The van der Waals surface area contributed by atoms with E-state index in [2.05, 4.69) is 37.9 Å². The molecule has 6 heteroatoms. The third-order valence-corrected chi connectivity index (χ3v) is 3.11. The van der Waals surface area contributed by atoms with Gasteiger partial charge in [0.15, 0.2) is 0 Å². The van der Waals surface area contributed by atoms with Crippen LogP contribution in [0.2, 0.25) is 0 Å². The largest absolute Gasteiger partial charge is 0.390 e. The lowest BCUT2D eigenvalue weighted by atomic mass is 10.3. The molecule has 2 heterocycles. The van der Waals surface area contributed by atoms with Gasteiger partial charge in [0.2, 0.25) is 0 Å². The third-order valence-electron chi connectivity index (χ3n) is 1.93. The standard InChI is InChI=1S/C9H9IN4O/c10-9-8(6-15)12-13-14(9)5-7-3-1-2-4-11-7/h1-4,15H,5-6H2. The average Bonchev–Trinajstić information content (AvgIpc) is 2.62. The number of aromatic nitrogens is 4. The van der Waals surface area contributed by atoms with Crippen molar-refractivity contribution < 1.29 is 5.11 Å². The quantitative estimate of drug-likeness (QED) is 0.852. The molecule has 2 rings (SSSR count). The number of hydrogen-bond donors (Lipinski definition) is 1. The molecule has 2 aromatic heterocycles. The molecule has 0 fully saturated rings. The van der Waals surface area contributed by atoms with E-state index in [-0.39, 0.29) is 6.61 Å². The van der Waals surface area contributed by atoms with Crippen LogP contribution in [0.3, 0.4) is 0 Å². The van der Waals surface area contributed by atoms with Gasteiger partial charge in [-0.3, -0.25) is 4.98 Å². The number of pyridine rings is 1. The molecule has 78 valence electrons. The Morgan fingerprint density at radius 2 is 2.27 bits per heavy atom. The summed E-state index contributed by atoms with van der Waals surface area (Å²) < 4.78 is 2.56. The normalized spacial score (nSPS) is 10.5. The van der Waals surface area contributed by atoms with E-state index in [0.717, 1.165) is 9.39 Å². The van der Waals surface area contributed by atoms with Gasteiger partial charge in [-0.2, -0.15) is 0 Å². The summed E-state index contributed by atoms with van der Waals surface area (Å²) in [6.07, 6.45) is 1.74. The van der Waals surface area contributed by atoms with Crippen molar-refractivity contribution in [2.45, 2.75) is 13.2 Å². The molecular weight excluding hydrogens is 307 g/mol. The highest BCUT2D eigenvalue weighted by Gasteiger charge is 2.08. The highest BCUT2D eigenvalue weighted by molar-refractivity contribution is 14.1. The van der Waals surface area contributed by atoms with Gasteiger partial charge in [0.1, 0.15) is 9.39 Å². The molecule has 0 aliphatic rings. The first-order valence-corrected chi connectivity index (χ1v) is 5.47. The number of aliphatic hydroxyl groups is 1. The van der Waals surface area contributed by atoms with Gasteiger partial charge >= 0.3 is 0 Å². The summed E-state index contributed by atoms with van der Waals surface area (Å²) in [5, 5.41) is 16.8. The van der Waals surface area contributed by atoms with Crippen LogP contribution < -0.4 is 0 Å². The van der Waals surface area contributed by atoms with E-state index < -0.39 is 0 Å².